The Kier molecular flexibility index (Phi) is 7.29. The molecule has 0 aliphatic carbocycles. The summed E-state index contributed by atoms with van der Waals surface area (Å²) in [5.41, 5.74) is 0.988. The van der Waals surface area contributed by atoms with E-state index in [1.165, 1.54) is 12.1 Å². The fourth-order valence-electron chi connectivity index (χ4n) is 3.42. The molecule has 1 aromatic heterocycles. The van der Waals surface area contributed by atoms with E-state index in [4.69, 9.17) is 16.3 Å². The number of carbonyl (C=O) groups excluding carboxylic acids is 1. The van der Waals surface area contributed by atoms with Crippen molar-refractivity contribution in [2.75, 3.05) is 0 Å². The van der Waals surface area contributed by atoms with Gasteiger partial charge in [-0.3, -0.25) is 9.78 Å². The Hall–Kier alpha value is -2.92. The van der Waals surface area contributed by atoms with Gasteiger partial charge in [-0.15, -0.1) is 0 Å². The molecule has 1 heterocycles. The largest absolute Gasteiger partial charge is 0.478 e. The van der Waals surface area contributed by atoms with Gasteiger partial charge in [0, 0.05) is 35.4 Å². The molecule has 162 valence electrons. The van der Waals surface area contributed by atoms with E-state index in [-0.39, 0.29) is 17.9 Å². The molecule has 2 aromatic carbocycles. The van der Waals surface area contributed by atoms with Gasteiger partial charge >= 0.3 is 0 Å². The molecule has 0 fully saturated rings. The third kappa shape index (κ3) is 6.28. The van der Waals surface area contributed by atoms with Crippen LogP contribution in [0.25, 0.3) is 0 Å². The minimum atomic E-state index is -1.16. The van der Waals surface area contributed by atoms with E-state index >= 15 is 0 Å². The van der Waals surface area contributed by atoms with E-state index in [2.05, 4.69) is 10.3 Å². The van der Waals surface area contributed by atoms with Gasteiger partial charge in [-0.1, -0.05) is 35.9 Å². The lowest BCUT2D eigenvalue weighted by atomic mass is 9.87. The molecular formula is C25H26ClFN2O2. The van der Waals surface area contributed by atoms with Gasteiger partial charge in [0.15, 0.2) is 5.60 Å². The van der Waals surface area contributed by atoms with E-state index in [1.807, 2.05) is 49.5 Å². The third-order valence-corrected chi connectivity index (χ3v) is 5.29. The molecule has 31 heavy (non-hydrogen) atoms. The molecule has 0 radical (unpaired) electrons. The first-order chi connectivity index (χ1) is 14.7. The maximum absolute atomic E-state index is 13.5. The summed E-state index contributed by atoms with van der Waals surface area (Å²) < 4.78 is 19.2. The highest BCUT2D eigenvalue weighted by Crippen LogP contribution is 2.30. The zero-order chi connectivity index (χ0) is 22.4. The number of aromatic nitrogens is 1. The number of ether oxygens (including phenoxy) is 1. The van der Waals surface area contributed by atoms with Crippen LogP contribution in [0.5, 0.6) is 5.75 Å². The number of nitrogens with one attached hydrogen (secondary N) is 1. The molecule has 3 rings (SSSR count). The van der Waals surface area contributed by atoms with Crippen LogP contribution in [0.1, 0.15) is 44.2 Å². The first-order valence-corrected chi connectivity index (χ1v) is 10.5. The Morgan fingerprint density at radius 3 is 2.52 bits per heavy atom. The number of halogens is 2. The van der Waals surface area contributed by atoms with Crippen LogP contribution >= 0.6 is 11.6 Å². The topological polar surface area (TPSA) is 51.2 Å². The van der Waals surface area contributed by atoms with Gasteiger partial charge in [0.2, 0.25) is 0 Å². The van der Waals surface area contributed by atoms with Gasteiger partial charge in [-0.2, -0.15) is 0 Å². The lowest BCUT2D eigenvalue weighted by Crippen LogP contribution is -2.49. The molecular weight excluding hydrogens is 415 g/mol. The quantitative estimate of drug-likeness (QED) is 0.484. The standard InChI is InChI=1S/C25H26ClFN2O2/c1-17(29-24(30)25(2,3)31-22-8-4-7-21(27)15-22)14-23(19-6-5-13-28-16-19)18-9-11-20(26)12-10-18/h4-13,15-17,23H,14H2,1-3H3,(H,29,30). The predicted octanol–water partition coefficient (Wildman–Crippen LogP) is 5.76. The minimum Gasteiger partial charge on any atom is -0.478 e. The summed E-state index contributed by atoms with van der Waals surface area (Å²) in [5, 5.41) is 3.70. The summed E-state index contributed by atoms with van der Waals surface area (Å²) in [6, 6.07) is 17.2. The Morgan fingerprint density at radius 1 is 1.13 bits per heavy atom. The summed E-state index contributed by atoms with van der Waals surface area (Å²) in [4.78, 5) is 17.2. The molecule has 1 N–H and O–H groups in total. The fourth-order valence-corrected chi connectivity index (χ4v) is 3.55. The zero-order valence-electron chi connectivity index (χ0n) is 17.8. The second-order valence-corrected chi connectivity index (χ2v) is 8.51. The van der Waals surface area contributed by atoms with E-state index in [9.17, 15) is 9.18 Å². The number of nitrogens with zero attached hydrogens (tertiary/aromatic N) is 1. The fraction of sp³-hybridized carbons (Fsp3) is 0.280. The molecule has 0 spiro atoms. The van der Waals surface area contributed by atoms with Gasteiger partial charge < -0.3 is 10.1 Å². The van der Waals surface area contributed by atoms with Gasteiger partial charge in [0.1, 0.15) is 11.6 Å². The van der Waals surface area contributed by atoms with Crippen LogP contribution in [0, 0.1) is 5.82 Å². The molecule has 0 aliphatic rings. The lowest BCUT2D eigenvalue weighted by Gasteiger charge is -2.29. The minimum absolute atomic E-state index is 0.0357. The van der Waals surface area contributed by atoms with E-state index in [1.54, 1.807) is 32.2 Å². The summed E-state index contributed by atoms with van der Waals surface area (Å²) in [6.45, 7) is 5.28. The van der Waals surface area contributed by atoms with Crippen molar-refractivity contribution in [2.45, 2.75) is 44.8 Å². The van der Waals surface area contributed by atoms with Crippen LogP contribution in [0.2, 0.25) is 5.02 Å². The van der Waals surface area contributed by atoms with Crippen LogP contribution in [-0.4, -0.2) is 22.5 Å². The molecule has 1 amide bonds. The van der Waals surface area contributed by atoms with Crippen LogP contribution in [0.3, 0.4) is 0 Å². The number of carbonyl (C=O) groups is 1. The lowest BCUT2D eigenvalue weighted by molar-refractivity contribution is -0.134. The highest BCUT2D eigenvalue weighted by Gasteiger charge is 2.31. The summed E-state index contributed by atoms with van der Waals surface area (Å²) >= 11 is 6.06. The summed E-state index contributed by atoms with van der Waals surface area (Å²) in [7, 11) is 0. The van der Waals surface area contributed by atoms with Crippen molar-refractivity contribution in [2.24, 2.45) is 0 Å². The number of hydrogen-bond acceptors (Lipinski definition) is 3. The molecule has 6 heteroatoms. The van der Waals surface area contributed by atoms with Crippen molar-refractivity contribution in [3.05, 3.63) is 95.0 Å². The highest BCUT2D eigenvalue weighted by atomic mass is 35.5. The van der Waals surface area contributed by atoms with Crippen molar-refractivity contribution in [3.63, 3.8) is 0 Å². The van der Waals surface area contributed by atoms with Crippen molar-refractivity contribution in [1.29, 1.82) is 0 Å². The highest BCUT2D eigenvalue weighted by molar-refractivity contribution is 6.30. The molecule has 2 atom stereocenters. The van der Waals surface area contributed by atoms with Gasteiger partial charge in [0.25, 0.3) is 5.91 Å². The van der Waals surface area contributed by atoms with Gasteiger partial charge in [-0.05, 0) is 68.7 Å². The number of amides is 1. The maximum atomic E-state index is 13.5. The Morgan fingerprint density at radius 2 is 1.87 bits per heavy atom. The molecule has 0 saturated heterocycles. The normalized spacial score (nSPS) is 13.3. The van der Waals surface area contributed by atoms with Crippen LogP contribution in [-0.2, 0) is 4.79 Å². The average molecular weight is 441 g/mol. The van der Waals surface area contributed by atoms with Gasteiger partial charge in [0.05, 0.1) is 0 Å². The molecule has 3 aromatic rings. The van der Waals surface area contributed by atoms with Crippen LogP contribution < -0.4 is 10.1 Å². The number of rotatable bonds is 8. The first kappa shape index (κ1) is 22.8. The zero-order valence-corrected chi connectivity index (χ0v) is 18.6. The predicted molar refractivity (Wildman–Crippen MR) is 121 cm³/mol. The number of pyridine rings is 1. The molecule has 2 unspecified atom stereocenters. The molecule has 0 saturated carbocycles. The van der Waals surface area contributed by atoms with E-state index in [0.29, 0.717) is 17.2 Å². The van der Waals surface area contributed by atoms with Crippen molar-refractivity contribution in [3.8, 4) is 5.75 Å². The molecule has 4 nitrogen and oxygen atoms in total. The van der Waals surface area contributed by atoms with Crippen molar-refractivity contribution in [1.82, 2.24) is 10.3 Å². The third-order valence-electron chi connectivity index (χ3n) is 5.04. The number of hydrogen-bond donors (Lipinski definition) is 1. The molecule has 0 aliphatic heterocycles. The van der Waals surface area contributed by atoms with Crippen LogP contribution in [0.15, 0.2) is 73.1 Å². The Bertz CT molecular complexity index is 1010. The average Bonchev–Trinajstić information content (AvgIpc) is 2.73. The smallest absolute Gasteiger partial charge is 0.263 e. The summed E-state index contributed by atoms with van der Waals surface area (Å²) in [6.07, 6.45) is 4.24. The van der Waals surface area contributed by atoms with E-state index in [0.717, 1.165) is 11.1 Å². The van der Waals surface area contributed by atoms with Crippen molar-refractivity contribution < 1.29 is 13.9 Å². The second-order valence-electron chi connectivity index (χ2n) is 8.07. The SMILES string of the molecule is CC(CC(c1ccc(Cl)cc1)c1cccnc1)NC(=O)C(C)(C)Oc1cccc(F)c1. The Labute approximate surface area is 187 Å². The van der Waals surface area contributed by atoms with E-state index < -0.39 is 11.4 Å². The summed E-state index contributed by atoms with van der Waals surface area (Å²) in [5.74, 6) is -0.342. The monoisotopic (exact) mass is 440 g/mol. The number of benzene rings is 2. The Balaban J connectivity index is 1.72. The maximum Gasteiger partial charge on any atom is 0.263 e. The van der Waals surface area contributed by atoms with Crippen molar-refractivity contribution >= 4 is 17.5 Å². The van der Waals surface area contributed by atoms with Crippen LogP contribution in [0.4, 0.5) is 4.39 Å². The first-order valence-electron chi connectivity index (χ1n) is 10.2. The molecule has 0 bridgehead atoms. The second kappa shape index (κ2) is 9.92. The van der Waals surface area contributed by atoms with Gasteiger partial charge in [-0.25, -0.2) is 4.39 Å².